The zero-order chi connectivity index (χ0) is 13.2. The van der Waals surface area contributed by atoms with E-state index in [9.17, 15) is 0 Å². The highest BCUT2D eigenvalue weighted by Gasteiger charge is 2.19. The molecule has 0 saturated heterocycles. The maximum Gasteiger partial charge on any atom is 0.0925 e. The summed E-state index contributed by atoms with van der Waals surface area (Å²) in [6.45, 7) is 7.22. The summed E-state index contributed by atoms with van der Waals surface area (Å²) in [6, 6.07) is 2.77. The van der Waals surface area contributed by atoms with Gasteiger partial charge in [0.1, 0.15) is 0 Å². The minimum atomic E-state index is 0.484. The van der Waals surface area contributed by atoms with Crippen LogP contribution in [-0.4, -0.2) is 22.6 Å². The van der Waals surface area contributed by atoms with Crippen LogP contribution < -0.4 is 10.6 Å². The predicted molar refractivity (Wildman–Crippen MR) is 78.4 cm³/mol. The number of aromatic nitrogens is 2. The van der Waals surface area contributed by atoms with Gasteiger partial charge in [-0.1, -0.05) is 0 Å². The largest absolute Gasteiger partial charge is 0.347 e. The van der Waals surface area contributed by atoms with Crippen LogP contribution in [0.25, 0.3) is 0 Å². The van der Waals surface area contributed by atoms with Gasteiger partial charge in [0.05, 0.1) is 17.7 Å². The highest BCUT2D eigenvalue weighted by Crippen LogP contribution is 2.20. The SMILES string of the molecule is Cc1cc(CNCC2Cc3nc[nH]c3CN2)sc1C. The third-order valence-electron chi connectivity index (χ3n) is 3.72. The molecule has 1 atom stereocenters. The smallest absolute Gasteiger partial charge is 0.0925 e. The van der Waals surface area contributed by atoms with Gasteiger partial charge in [0.2, 0.25) is 0 Å². The van der Waals surface area contributed by atoms with Gasteiger partial charge in [-0.05, 0) is 25.5 Å². The Kier molecular flexibility index (Phi) is 3.68. The van der Waals surface area contributed by atoms with E-state index >= 15 is 0 Å². The third kappa shape index (κ3) is 2.88. The molecule has 2 aromatic heterocycles. The number of thiophene rings is 1. The lowest BCUT2D eigenvalue weighted by Crippen LogP contribution is -2.42. The van der Waals surface area contributed by atoms with Gasteiger partial charge in [0.25, 0.3) is 0 Å². The number of hydrogen-bond donors (Lipinski definition) is 3. The highest BCUT2D eigenvalue weighted by molar-refractivity contribution is 7.12. The number of nitrogens with zero attached hydrogens (tertiary/aromatic N) is 1. The standard InChI is InChI=1S/C14H20N4S/c1-9-3-12(19-10(9)2)6-15-5-11-4-13-14(7-16-11)18-8-17-13/h3,8,11,15-16H,4-7H2,1-2H3,(H,17,18). The van der Waals surface area contributed by atoms with Crippen molar-refractivity contribution in [2.24, 2.45) is 0 Å². The zero-order valence-electron chi connectivity index (χ0n) is 11.4. The van der Waals surface area contributed by atoms with Crippen LogP contribution >= 0.6 is 11.3 Å². The van der Waals surface area contributed by atoms with E-state index in [0.717, 1.165) is 26.1 Å². The summed E-state index contributed by atoms with van der Waals surface area (Å²) in [5, 5.41) is 7.08. The van der Waals surface area contributed by atoms with Gasteiger partial charge in [-0.2, -0.15) is 0 Å². The maximum atomic E-state index is 4.37. The van der Waals surface area contributed by atoms with Crippen molar-refractivity contribution >= 4 is 11.3 Å². The van der Waals surface area contributed by atoms with E-state index < -0.39 is 0 Å². The van der Waals surface area contributed by atoms with E-state index in [1.807, 2.05) is 11.3 Å². The Hall–Kier alpha value is -1.17. The first-order valence-corrected chi connectivity index (χ1v) is 7.55. The molecule has 0 fully saturated rings. The van der Waals surface area contributed by atoms with Crippen molar-refractivity contribution in [3.63, 3.8) is 0 Å². The number of aryl methyl sites for hydroxylation is 2. The fourth-order valence-electron chi connectivity index (χ4n) is 2.48. The van der Waals surface area contributed by atoms with Gasteiger partial charge in [-0.15, -0.1) is 11.3 Å². The molecular weight excluding hydrogens is 256 g/mol. The molecule has 1 unspecified atom stereocenters. The molecular formula is C14H20N4S. The summed E-state index contributed by atoms with van der Waals surface area (Å²) < 4.78 is 0. The molecule has 1 aliphatic rings. The van der Waals surface area contributed by atoms with Crippen LogP contribution in [0.1, 0.15) is 26.7 Å². The summed E-state index contributed by atoms with van der Waals surface area (Å²) in [4.78, 5) is 10.4. The van der Waals surface area contributed by atoms with Gasteiger partial charge >= 0.3 is 0 Å². The molecule has 4 nitrogen and oxygen atoms in total. The number of fused-ring (bicyclic) bond motifs is 1. The van der Waals surface area contributed by atoms with Crippen LogP contribution in [-0.2, 0) is 19.5 Å². The number of hydrogen-bond acceptors (Lipinski definition) is 4. The van der Waals surface area contributed by atoms with E-state index in [0.29, 0.717) is 6.04 Å². The number of imidazole rings is 1. The molecule has 0 radical (unpaired) electrons. The first kappa shape index (κ1) is 12.8. The summed E-state index contributed by atoms with van der Waals surface area (Å²) in [7, 11) is 0. The van der Waals surface area contributed by atoms with E-state index in [4.69, 9.17) is 0 Å². The van der Waals surface area contributed by atoms with E-state index in [1.165, 1.54) is 26.7 Å². The number of nitrogens with one attached hydrogen (secondary N) is 3. The Labute approximate surface area is 117 Å². The lowest BCUT2D eigenvalue weighted by atomic mass is 10.1. The van der Waals surface area contributed by atoms with Gasteiger partial charge in [0, 0.05) is 41.9 Å². The van der Waals surface area contributed by atoms with Crippen LogP contribution in [0.4, 0.5) is 0 Å². The molecule has 3 heterocycles. The molecule has 3 rings (SSSR count). The summed E-state index contributed by atoms with van der Waals surface area (Å²) in [6.07, 6.45) is 2.80. The average Bonchev–Trinajstić information content (AvgIpc) is 2.96. The minimum Gasteiger partial charge on any atom is -0.347 e. The van der Waals surface area contributed by atoms with Gasteiger partial charge < -0.3 is 15.6 Å². The second-order valence-electron chi connectivity index (χ2n) is 5.19. The monoisotopic (exact) mass is 276 g/mol. The molecule has 0 amide bonds. The first-order chi connectivity index (χ1) is 9.22. The summed E-state index contributed by atoms with van der Waals surface area (Å²) in [5.41, 5.74) is 3.85. The molecule has 0 bridgehead atoms. The fourth-order valence-corrected chi connectivity index (χ4v) is 3.50. The van der Waals surface area contributed by atoms with Crippen molar-refractivity contribution in [3.8, 4) is 0 Å². The Morgan fingerprint density at radius 3 is 3.16 bits per heavy atom. The molecule has 2 aromatic rings. The van der Waals surface area contributed by atoms with Crippen LogP contribution in [0.3, 0.4) is 0 Å². The van der Waals surface area contributed by atoms with Crippen molar-refractivity contribution in [3.05, 3.63) is 39.1 Å². The Balaban J connectivity index is 1.48. The van der Waals surface area contributed by atoms with Crippen molar-refractivity contribution in [2.75, 3.05) is 6.54 Å². The summed E-state index contributed by atoms with van der Waals surface area (Å²) >= 11 is 1.89. The maximum absolute atomic E-state index is 4.37. The van der Waals surface area contributed by atoms with E-state index in [1.54, 1.807) is 6.33 Å². The zero-order valence-corrected chi connectivity index (χ0v) is 12.2. The number of rotatable bonds is 4. The number of H-pyrrole nitrogens is 1. The lowest BCUT2D eigenvalue weighted by Gasteiger charge is -2.23. The second-order valence-corrected chi connectivity index (χ2v) is 6.53. The Morgan fingerprint density at radius 2 is 2.37 bits per heavy atom. The normalized spacial score (nSPS) is 18.5. The predicted octanol–water partition coefficient (Wildman–Crippen LogP) is 1.89. The average molecular weight is 276 g/mol. The molecule has 5 heteroatoms. The molecule has 102 valence electrons. The van der Waals surface area contributed by atoms with Gasteiger partial charge in [-0.3, -0.25) is 0 Å². The van der Waals surface area contributed by atoms with Crippen LogP contribution in [0.5, 0.6) is 0 Å². The van der Waals surface area contributed by atoms with E-state index in [-0.39, 0.29) is 0 Å². The minimum absolute atomic E-state index is 0.484. The molecule has 0 saturated carbocycles. The summed E-state index contributed by atoms with van der Waals surface area (Å²) in [5.74, 6) is 0. The quantitative estimate of drug-likeness (QED) is 0.799. The fraction of sp³-hybridized carbons (Fsp3) is 0.500. The molecule has 0 spiro atoms. The molecule has 3 N–H and O–H groups in total. The molecule has 19 heavy (non-hydrogen) atoms. The molecule has 1 aliphatic heterocycles. The van der Waals surface area contributed by atoms with Crippen LogP contribution in [0.2, 0.25) is 0 Å². The van der Waals surface area contributed by atoms with Gasteiger partial charge in [-0.25, -0.2) is 4.98 Å². The lowest BCUT2D eigenvalue weighted by molar-refractivity contribution is 0.441. The number of aromatic amines is 1. The molecule has 0 aliphatic carbocycles. The first-order valence-electron chi connectivity index (χ1n) is 6.73. The van der Waals surface area contributed by atoms with Crippen molar-refractivity contribution in [1.29, 1.82) is 0 Å². The van der Waals surface area contributed by atoms with Crippen LogP contribution in [0.15, 0.2) is 12.4 Å². The highest BCUT2D eigenvalue weighted by atomic mass is 32.1. The topological polar surface area (TPSA) is 52.7 Å². The Morgan fingerprint density at radius 1 is 1.47 bits per heavy atom. The molecule has 0 aromatic carbocycles. The van der Waals surface area contributed by atoms with Crippen LogP contribution in [0, 0.1) is 13.8 Å². The van der Waals surface area contributed by atoms with Gasteiger partial charge in [0.15, 0.2) is 0 Å². The third-order valence-corrected chi connectivity index (χ3v) is 4.87. The van der Waals surface area contributed by atoms with Crippen molar-refractivity contribution in [2.45, 2.75) is 39.4 Å². The Bertz CT molecular complexity index is 538. The van der Waals surface area contributed by atoms with Crippen molar-refractivity contribution < 1.29 is 0 Å². The second kappa shape index (κ2) is 5.45. The van der Waals surface area contributed by atoms with E-state index in [2.05, 4.69) is 40.5 Å². The van der Waals surface area contributed by atoms with Crippen molar-refractivity contribution in [1.82, 2.24) is 20.6 Å².